The molecule has 0 aliphatic heterocycles. The molecular weight excluding hydrogens is 370 g/mol. The van der Waals surface area contributed by atoms with Gasteiger partial charge in [0.1, 0.15) is 18.1 Å². The van der Waals surface area contributed by atoms with Crippen LogP contribution in [0, 0.1) is 0 Å². The molecule has 3 rings (SSSR count). The Kier molecular flexibility index (Phi) is 6.79. The van der Waals surface area contributed by atoms with Crippen molar-refractivity contribution >= 4 is 5.91 Å². The van der Waals surface area contributed by atoms with E-state index in [2.05, 4.69) is 0 Å². The highest BCUT2D eigenvalue weighted by atomic mass is 16.5. The molecule has 152 valence electrons. The number of para-hydroxylation sites is 3. The van der Waals surface area contributed by atoms with E-state index in [0.29, 0.717) is 30.4 Å². The zero-order valence-electron chi connectivity index (χ0n) is 16.9. The Hall–Kier alpha value is -3.41. The number of benzene rings is 2. The van der Waals surface area contributed by atoms with Gasteiger partial charge < -0.3 is 23.5 Å². The minimum absolute atomic E-state index is 0.199. The fraction of sp³-hybridized carbons (Fsp3) is 0.261. The monoisotopic (exact) mass is 395 g/mol. The SMILES string of the molecule is CCOc1ccccc1CN(C)C(=O)c1ccc(COc2ccccc2OC)o1. The second-order valence-electron chi connectivity index (χ2n) is 6.41. The van der Waals surface area contributed by atoms with Crippen molar-refractivity contribution in [2.75, 3.05) is 20.8 Å². The van der Waals surface area contributed by atoms with Crippen LogP contribution in [-0.2, 0) is 13.2 Å². The maximum absolute atomic E-state index is 12.7. The van der Waals surface area contributed by atoms with Gasteiger partial charge in [-0.05, 0) is 37.3 Å². The highest BCUT2D eigenvalue weighted by Crippen LogP contribution is 2.27. The molecule has 0 radical (unpaired) electrons. The molecule has 6 nitrogen and oxygen atoms in total. The van der Waals surface area contributed by atoms with Gasteiger partial charge in [-0.1, -0.05) is 30.3 Å². The van der Waals surface area contributed by atoms with Crippen molar-refractivity contribution in [3.05, 3.63) is 77.7 Å². The number of nitrogens with zero attached hydrogens (tertiary/aromatic N) is 1. The summed E-state index contributed by atoms with van der Waals surface area (Å²) in [6.45, 7) is 3.12. The van der Waals surface area contributed by atoms with Crippen molar-refractivity contribution in [2.24, 2.45) is 0 Å². The molecule has 29 heavy (non-hydrogen) atoms. The fourth-order valence-electron chi connectivity index (χ4n) is 2.90. The van der Waals surface area contributed by atoms with Crippen LogP contribution in [0.25, 0.3) is 0 Å². The van der Waals surface area contributed by atoms with Crippen molar-refractivity contribution in [1.82, 2.24) is 4.90 Å². The molecule has 1 amide bonds. The van der Waals surface area contributed by atoms with E-state index in [1.807, 2.05) is 55.5 Å². The van der Waals surface area contributed by atoms with Gasteiger partial charge in [0.25, 0.3) is 5.91 Å². The first kappa shape index (κ1) is 20.3. The average molecular weight is 395 g/mol. The maximum atomic E-state index is 12.7. The van der Waals surface area contributed by atoms with Gasteiger partial charge in [0.15, 0.2) is 17.3 Å². The fourth-order valence-corrected chi connectivity index (χ4v) is 2.90. The molecule has 2 aromatic carbocycles. The van der Waals surface area contributed by atoms with Crippen LogP contribution in [0.3, 0.4) is 0 Å². The van der Waals surface area contributed by atoms with Gasteiger partial charge in [0, 0.05) is 19.2 Å². The normalized spacial score (nSPS) is 10.4. The molecule has 0 bridgehead atoms. The van der Waals surface area contributed by atoms with E-state index in [1.165, 1.54) is 0 Å². The average Bonchev–Trinajstić information content (AvgIpc) is 3.22. The number of carbonyl (C=O) groups excluding carboxylic acids is 1. The minimum Gasteiger partial charge on any atom is -0.494 e. The van der Waals surface area contributed by atoms with Crippen LogP contribution in [0.5, 0.6) is 17.2 Å². The zero-order valence-corrected chi connectivity index (χ0v) is 16.9. The quantitative estimate of drug-likeness (QED) is 0.532. The lowest BCUT2D eigenvalue weighted by molar-refractivity contribution is 0.0748. The second kappa shape index (κ2) is 9.68. The maximum Gasteiger partial charge on any atom is 0.289 e. The van der Waals surface area contributed by atoms with Crippen LogP contribution in [0.4, 0.5) is 0 Å². The topological polar surface area (TPSA) is 61.1 Å². The molecule has 0 saturated heterocycles. The van der Waals surface area contributed by atoms with Gasteiger partial charge in [-0.2, -0.15) is 0 Å². The van der Waals surface area contributed by atoms with Gasteiger partial charge in [0.05, 0.1) is 13.7 Å². The molecular formula is C23H25NO5. The first-order chi connectivity index (χ1) is 14.1. The summed E-state index contributed by atoms with van der Waals surface area (Å²) in [4.78, 5) is 14.3. The first-order valence-corrected chi connectivity index (χ1v) is 9.43. The third-order valence-corrected chi connectivity index (χ3v) is 4.34. The van der Waals surface area contributed by atoms with Gasteiger partial charge >= 0.3 is 0 Å². The number of hydrogen-bond acceptors (Lipinski definition) is 5. The molecule has 0 unspecified atom stereocenters. The van der Waals surface area contributed by atoms with Gasteiger partial charge in [-0.25, -0.2) is 0 Å². The van der Waals surface area contributed by atoms with Gasteiger partial charge in [-0.3, -0.25) is 4.79 Å². The van der Waals surface area contributed by atoms with Crippen LogP contribution in [-0.4, -0.2) is 31.6 Å². The number of furan rings is 1. The van der Waals surface area contributed by atoms with Crippen LogP contribution in [0.2, 0.25) is 0 Å². The molecule has 1 aromatic heterocycles. The molecule has 0 spiro atoms. The number of ether oxygens (including phenoxy) is 3. The lowest BCUT2D eigenvalue weighted by Gasteiger charge is -2.18. The molecule has 0 atom stereocenters. The van der Waals surface area contributed by atoms with Crippen molar-refractivity contribution in [2.45, 2.75) is 20.1 Å². The number of hydrogen-bond donors (Lipinski definition) is 0. The Balaban J connectivity index is 1.63. The smallest absolute Gasteiger partial charge is 0.289 e. The Morgan fingerprint density at radius 1 is 0.931 bits per heavy atom. The Labute approximate surface area is 170 Å². The van der Waals surface area contributed by atoms with E-state index in [1.54, 1.807) is 31.2 Å². The van der Waals surface area contributed by atoms with Crippen LogP contribution < -0.4 is 14.2 Å². The molecule has 0 N–H and O–H groups in total. The van der Waals surface area contributed by atoms with E-state index in [4.69, 9.17) is 18.6 Å². The van der Waals surface area contributed by atoms with Crippen molar-refractivity contribution < 1.29 is 23.4 Å². The molecule has 0 aliphatic rings. The van der Waals surface area contributed by atoms with Crippen molar-refractivity contribution in [3.63, 3.8) is 0 Å². The Morgan fingerprint density at radius 2 is 1.62 bits per heavy atom. The number of carbonyl (C=O) groups is 1. The number of rotatable bonds is 9. The number of methoxy groups -OCH3 is 1. The molecule has 6 heteroatoms. The van der Waals surface area contributed by atoms with Crippen LogP contribution >= 0.6 is 0 Å². The van der Waals surface area contributed by atoms with Crippen LogP contribution in [0.15, 0.2) is 65.1 Å². The lowest BCUT2D eigenvalue weighted by Crippen LogP contribution is -2.26. The number of amides is 1. The van der Waals surface area contributed by atoms with E-state index in [0.717, 1.165) is 11.3 Å². The van der Waals surface area contributed by atoms with Gasteiger partial charge in [0.2, 0.25) is 0 Å². The zero-order chi connectivity index (χ0) is 20.6. The summed E-state index contributed by atoms with van der Waals surface area (Å²) in [6.07, 6.45) is 0. The molecule has 3 aromatic rings. The summed E-state index contributed by atoms with van der Waals surface area (Å²) in [7, 11) is 3.32. The first-order valence-electron chi connectivity index (χ1n) is 9.43. The summed E-state index contributed by atoms with van der Waals surface area (Å²) in [5, 5.41) is 0. The summed E-state index contributed by atoms with van der Waals surface area (Å²) in [5.41, 5.74) is 0.941. The predicted octanol–water partition coefficient (Wildman–Crippen LogP) is 4.54. The highest BCUT2D eigenvalue weighted by molar-refractivity contribution is 5.91. The summed E-state index contributed by atoms with van der Waals surface area (Å²) in [6, 6.07) is 18.5. The van der Waals surface area contributed by atoms with E-state index in [-0.39, 0.29) is 18.3 Å². The second-order valence-corrected chi connectivity index (χ2v) is 6.41. The standard InChI is InChI=1S/C23H25NO5/c1-4-27-19-10-6-5-9-17(19)15-24(2)23(25)22-14-13-18(29-22)16-28-21-12-8-7-11-20(21)26-3/h5-14H,4,15-16H2,1-3H3. The summed E-state index contributed by atoms with van der Waals surface area (Å²) >= 11 is 0. The Morgan fingerprint density at radius 3 is 2.34 bits per heavy atom. The highest BCUT2D eigenvalue weighted by Gasteiger charge is 2.18. The summed E-state index contributed by atoms with van der Waals surface area (Å²) < 4.78 is 22.3. The molecule has 0 aliphatic carbocycles. The van der Waals surface area contributed by atoms with Crippen LogP contribution in [0.1, 0.15) is 28.8 Å². The molecule has 0 saturated carbocycles. The summed E-state index contributed by atoms with van der Waals surface area (Å²) in [5.74, 6) is 2.65. The molecule has 0 fully saturated rings. The third-order valence-electron chi connectivity index (χ3n) is 4.34. The predicted molar refractivity (Wildman–Crippen MR) is 109 cm³/mol. The van der Waals surface area contributed by atoms with E-state index < -0.39 is 0 Å². The van der Waals surface area contributed by atoms with Crippen molar-refractivity contribution in [1.29, 1.82) is 0 Å². The third kappa shape index (κ3) is 5.10. The molecule has 1 heterocycles. The Bertz CT molecular complexity index is 950. The lowest BCUT2D eigenvalue weighted by atomic mass is 10.2. The van der Waals surface area contributed by atoms with E-state index in [9.17, 15) is 4.79 Å². The van der Waals surface area contributed by atoms with Gasteiger partial charge in [-0.15, -0.1) is 0 Å². The van der Waals surface area contributed by atoms with Crippen molar-refractivity contribution in [3.8, 4) is 17.2 Å². The minimum atomic E-state index is -0.208. The van der Waals surface area contributed by atoms with E-state index >= 15 is 0 Å². The largest absolute Gasteiger partial charge is 0.494 e.